The molecule has 0 radical (unpaired) electrons. The molecule has 0 unspecified atom stereocenters. The van der Waals surface area contributed by atoms with E-state index in [0.717, 1.165) is 23.4 Å². The highest BCUT2D eigenvalue weighted by atomic mass is 32.1. The van der Waals surface area contributed by atoms with Crippen molar-refractivity contribution in [2.45, 2.75) is 12.7 Å². The minimum absolute atomic E-state index is 0.0646. The van der Waals surface area contributed by atoms with Crippen LogP contribution in [-0.4, -0.2) is 24.7 Å². The fourth-order valence-electron chi connectivity index (χ4n) is 2.04. The first-order valence-corrected chi connectivity index (χ1v) is 8.44. The average molecular weight is 413 g/mol. The first kappa shape index (κ1) is 21.3. The second-order valence-electron chi connectivity index (χ2n) is 5.52. The van der Waals surface area contributed by atoms with Crippen LogP contribution in [0.15, 0.2) is 48.5 Å². The van der Waals surface area contributed by atoms with Gasteiger partial charge in [0.05, 0.1) is 12.7 Å². The Morgan fingerprint density at radius 1 is 1.07 bits per heavy atom. The predicted octanol–water partition coefficient (Wildman–Crippen LogP) is 2.79. The van der Waals surface area contributed by atoms with Crippen LogP contribution in [0.1, 0.15) is 11.1 Å². The number of methoxy groups -OCH3 is 1. The van der Waals surface area contributed by atoms with Crippen molar-refractivity contribution in [1.82, 2.24) is 16.2 Å². The second kappa shape index (κ2) is 9.79. The van der Waals surface area contributed by atoms with Gasteiger partial charge in [-0.15, -0.1) is 0 Å². The SMILES string of the molecule is COc1ccc(CNC(=S)NNC(=O)COc2cccc(C(F)(F)F)c2)cc1. The van der Waals surface area contributed by atoms with Gasteiger partial charge >= 0.3 is 6.18 Å². The quantitative estimate of drug-likeness (QED) is 0.500. The Morgan fingerprint density at radius 3 is 2.43 bits per heavy atom. The first-order chi connectivity index (χ1) is 13.3. The minimum atomic E-state index is -4.48. The van der Waals surface area contributed by atoms with Gasteiger partial charge in [0, 0.05) is 6.54 Å². The molecule has 0 saturated heterocycles. The van der Waals surface area contributed by atoms with E-state index in [2.05, 4.69) is 16.2 Å². The third-order valence-electron chi connectivity index (χ3n) is 3.46. The normalized spacial score (nSPS) is 10.7. The number of benzene rings is 2. The molecule has 1 amide bonds. The highest BCUT2D eigenvalue weighted by molar-refractivity contribution is 7.80. The minimum Gasteiger partial charge on any atom is -0.497 e. The number of halogens is 3. The van der Waals surface area contributed by atoms with Crippen LogP contribution < -0.4 is 25.6 Å². The zero-order valence-electron chi connectivity index (χ0n) is 14.8. The lowest BCUT2D eigenvalue weighted by Crippen LogP contribution is -2.48. The molecule has 10 heteroatoms. The summed E-state index contributed by atoms with van der Waals surface area (Å²) in [4.78, 5) is 11.7. The van der Waals surface area contributed by atoms with Crippen LogP contribution in [0.25, 0.3) is 0 Å². The molecule has 28 heavy (non-hydrogen) atoms. The fraction of sp³-hybridized carbons (Fsp3) is 0.222. The van der Waals surface area contributed by atoms with Gasteiger partial charge in [-0.3, -0.25) is 15.6 Å². The molecule has 0 atom stereocenters. The van der Waals surface area contributed by atoms with Crippen molar-refractivity contribution in [2.75, 3.05) is 13.7 Å². The highest BCUT2D eigenvalue weighted by Crippen LogP contribution is 2.31. The lowest BCUT2D eigenvalue weighted by Gasteiger charge is -2.13. The van der Waals surface area contributed by atoms with Gasteiger partial charge in [0.1, 0.15) is 11.5 Å². The maximum atomic E-state index is 12.6. The van der Waals surface area contributed by atoms with Crippen LogP contribution in [-0.2, 0) is 17.5 Å². The van der Waals surface area contributed by atoms with Gasteiger partial charge in [-0.05, 0) is 48.1 Å². The lowest BCUT2D eigenvalue weighted by atomic mass is 10.2. The fourth-order valence-corrected chi connectivity index (χ4v) is 2.17. The van der Waals surface area contributed by atoms with E-state index in [4.69, 9.17) is 21.7 Å². The summed E-state index contributed by atoms with van der Waals surface area (Å²) >= 11 is 5.03. The van der Waals surface area contributed by atoms with E-state index in [0.29, 0.717) is 6.54 Å². The van der Waals surface area contributed by atoms with Crippen molar-refractivity contribution >= 4 is 23.2 Å². The Bertz CT molecular complexity index is 814. The molecule has 0 heterocycles. The number of hydrogen-bond acceptors (Lipinski definition) is 4. The van der Waals surface area contributed by atoms with Gasteiger partial charge in [-0.1, -0.05) is 18.2 Å². The zero-order valence-corrected chi connectivity index (χ0v) is 15.6. The molecule has 6 nitrogen and oxygen atoms in total. The largest absolute Gasteiger partial charge is 0.497 e. The van der Waals surface area contributed by atoms with E-state index in [1.54, 1.807) is 19.2 Å². The molecule has 150 valence electrons. The zero-order chi connectivity index (χ0) is 20.6. The van der Waals surface area contributed by atoms with Gasteiger partial charge in [-0.25, -0.2) is 0 Å². The molecule has 0 spiro atoms. The maximum absolute atomic E-state index is 12.6. The average Bonchev–Trinajstić information content (AvgIpc) is 2.69. The molecule has 2 aromatic rings. The van der Waals surface area contributed by atoms with E-state index in [1.165, 1.54) is 12.1 Å². The standard InChI is InChI=1S/C18H18F3N3O3S/c1-26-14-7-5-12(6-8-14)10-22-17(28)24-23-16(25)11-27-15-4-2-3-13(9-15)18(19,20)21/h2-9H,10-11H2,1H3,(H,23,25)(H2,22,24,28). The Kier molecular flexibility index (Phi) is 7.44. The molecule has 0 aliphatic heterocycles. The molecule has 0 aromatic heterocycles. The van der Waals surface area contributed by atoms with Gasteiger partial charge in [-0.2, -0.15) is 13.2 Å². The summed E-state index contributed by atoms with van der Waals surface area (Å²) in [5, 5.41) is 3.06. The number of nitrogens with one attached hydrogen (secondary N) is 3. The molecule has 0 bridgehead atoms. The van der Waals surface area contributed by atoms with E-state index >= 15 is 0 Å². The van der Waals surface area contributed by atoms with Crippen molar-refractivity contribution in [1.29, 1.82) is 0 Å². The molecule has 3 N–H and O–H groups in total. The van der Waals surface area contributed by atoms with Gasteiger partial charge in [0.15, 0.2) is 11.7 Å². The van der Waals surface area contributed by atoms with Crippen LogP contribution >= 0.6 is 12.2 Å². The summed E-state index contributed by atoms with van der Waals surface area (Å²) in [6, 6.07) is 11.6. The Balaban J connectivity index is 1.71. The molecule has 0 aliphatic rings. The summed E-state index contributed by atoms with van der Waals surface area (Å²) in [7, 11) is 1.58. The van der Waals surface area contributed by atoms with E-state index in [-0.39, 0.29) is 10.9 Å². The van der Waals surface area contributed by atoms with Gasteiger partial charge < -0.3 is 14.8 Å². The number of carbonyl (C=O) groups excluding carboxylic acids is 1. The van der Waals surface area contributed by atoms with Gasteiger partial charge in [0.25, 0.3) is 5.91 Å². The summed E-state index contributed by atoms with van der Waals surface area (Å²) in [5.74, 6) is 0.0636. The van der Waals surface area contributed by atoms with Crippen molar-refractivity contribution in [3.8, 4) is 11.5 Å². The number of hydrogen-bond donors (Lipinski definition) is 3. The Labute approximate surface area is 165 Å². The molecule has 2 aromatic carbocycles. The highest BCUT2D eigenvalue weighted by Gasteiger charge is 2.30. The summed E-state index contributed by atoms with van der Waals surface area (Å²) in [5.41, 5.74) is 4.87. The van der Waals surface area contributed by atoms with Crippen LogP contribution in [0, 0.1) is 0 Å². The molecule has 0 aliphatic carbocycles. The molecular weight excluding hydrogens is 395 g/mol. The smallest absolute Gasteiger partial charge is 0.416 e. The van der Waals surface area contributed by atoms with Crippen LogP contribution in [0.2, 0.25) is 0 Å². The van der Waals surface area contributed by atoms with E-state index < -0.39 is 24.3 Å². The van der Waals surface area contributed by atoms with Crippen molar-refractivity contribution in [3.05, 3.63) is 59.7 Å². The lowest BCUT2D eigenvalue weighted by molar-refractivity contribution is -0.137. The third-order valence-corrected chi connectivity index (χ3v) is 3.71. The molecular formula is C18H18F3N3O3S. The maximum Gasteiger partial charge on any atom is 0.416 e. The number of ether oxygens (including phenoxy) is 2. The summed E-state index contributed by atoms with van der Waals surface area (Å²) in [6.07, 6.45) is -4.48. The summed E-state index contributed by atoms with van der Waals surface area (Å²) in [6.45, 7) is -0.0537. The number of rotatable bonds is 6. The van der Waals surface area contributed by atoms with Gasteiger partial charge in [0.2, 0.25) is 0 Å². The number of alkyl halides is 3. The topological polar surface area (TPSA) is 71.6 Å². The summed E-state index contributed by atoms with van der Waals surface area (Å²) < 4.78 is 48.0. The third kappa shape index (κ3) is 6.95. The number of thiocarbonyl (C=S) groups is 1. The van der Waals surface area contributed by atoms with Crippen molar-refractivity contribution < 1.29 is 27.4 Å². The molecule has 0 fully saturated rings. The first-order valence-electron chi connectivity index (χ1n) is 8.03. The van der Waals surface area contributed by atoms with Crippen LogP contribution in [0.4, 0.5) is 13.2 Å². The monoisotopic (exact) mass is 413 g/mol. The number of amides is 1. The Hall–Kier alpha value is -3.01. The number of carbonyl (C=O) groups is 1. The van der Waals surface area contributed by atoms with E-state index in [1.807, 2.05) is 12.1 Å². The molecule has 0 saturated carbocycles. The number of hydrazine groups is 1. The van der Waals surface area contributed by atoms with Crippen LogP contribution in [0.3, 0.4) is 0 Å². The van der Waals surface area contributed by atoms with Crippen molar-refractivity contribution in [2.24, 2.45) is 0 Å². The molecule has 2 rings (SSSR count). The van der Waals surface area contributed by atoms with E-state index in [9.17, 15) is 18.0 Å². The van der Waals surface area contributed by atoms with Crippen LogP contribution in [0.5, 0.6) is 11.5 Å². The van der Waals surface area contributed by atoms with Crippen molar-refractivity contribution in [3.63, 3.8) is 0 Å². The second-order valence-corrected chi connectivity index (χ2v) is 5.93. The predicted molar refractivity (Wildman–Crippen MR) is 101 cm³/mol. The Morgan fingerprint density at radius 2 is 1.79 bits per heavy atom.